The lowest BCUT2D eigenvalue weighted by Gasteiger charge is -2.38. The first-order valence-electron chi connectivity index (χ1n) is 10.3. The number of amides is 1. The van der Waals surface area contributed by atoms with Crippen molar-refractivity contribution in [1.82, 2.24) is 14.0 Å². The van der Waals surface area contributed by atoms with Crippen molar-refractivity contribution < 1.29 is 14.6 Å². The molecule has 10 heteroatoms. The minimum Gasteiger partial charge on any atom is -0.494 e. The maximum atomic E-state index is 13.0. The van der Waals surface area contributed by atoms with Crippen LogP contribution in [0.2, 0.25) is 0 Å². The topological polar surface area (TPSA) is 144 Å². The van der Waals surface area contributed by atoms with E-state index in [-0.39, 0.29) is 18.2 Å². The maximum Gasteiger partial charge on any atom is 0.410 e. The highest BCUT2D eigenvalue weighted by molar-refractivity contribution is 5.96. The van der Waals surface area contributed by atoms with E-state index in [2.05, 4.69) is 0 Å². The summed E-state index contributed by atoms with van der Waals surface area (Å²) in [6, 6.07) is -0.742. The number of aromatic hydroxyl groups is 1. The number of nitrogens with zero attached hydrogens (tertiary/aromatic N) is 3. The fourth-order valence-corrected chi connectivity index (χ4v) is 3.71. The zero-order valence-corrected chi connectivity index (χ0v) is 18.4. The quantitative estimate of drug-likeness (QED) is 0.486. The van der Waals surface area contributed by atoms with Gasteiger partial charge in [-0.25, -0.2) is 9.59 Å². The molecule has 0 aliphatic carbocycles. The van der Waals surface area contributed by atoms with Gasteiger partial charge in [0.15, 0.2) is 0 Å². The highest BCUT2D eigenvalue weighted by atomic mass is 16.6. The molecule has 1 aliphatic rings. The number of hydrogen-bond donors (Lipinski definition) is 3. The molecule has 10 nitrogen and oxygen atoms in total. The Balaban J connectivity index is 2.42. The van der Waals surface area contributed by atoms with Gasteiger partial charge in [0, 0.05) is 25.2 Å². The molecule has 0 bridgehead atoms. The number of aromatic nitrogens is 2. The second-order valence-electron chi connectivity index (χ2n) is 8.78. The summed E-state index contributed by atoms with van der Waals surface area (Å²) in [5.74, 6) is -1.16. The molecule has 1 aliphatic heterocycles. The van der Waals surface area contributed by atoms with E-state index in [1.807, 2.05) is 13.8 Å². The van der Waals surface area contributed by atoms with Gasteiger partial charge in [-0.15, -0.1) is 0 Å². The van der Waals surface area contributed by atoms with Gasteiger partial charge in [-0.05, 0) is 47.0 Å². The summed E-state index contributed by atoms with van der Waals surface area (Å²) in [6.07, 6.45) is 1.71. The minimum absolute atomic E-state index is 0.216. The van der Waals surface area contributed by atoms with Crippen molar-refractivity contribution in [3.8, 4) is 5.88 Å². The first kappa shape index (κ1) is 23.5. The first-order valence-corrected chi connectivity index (χ1v) is 10.3. The monoisotopic (exact) mass is 423 g/mol. The van der Waals surface area contributed by atoms with Crippen LogP contribution in [0.3, 0.4) is 0 Å². The van der Waals surface area contributed by atoms with E-state index in [1.54, 1.807) is 25.7 Å². The number of amidine groups is 1. The van der Waals surface area contributed by atoms with Gasteiger partial charge >= 0.3 is 11.8 Å². The van der Waals surface area contributed by atoms with Crippen molar-refractivity contribution in [3.05, 3.63) is 26.4 Å². The predicted octanol–water partition coefficient (Wildman–Crippen LogP) is 1.76. The molecular formula is C20H33N5O5. The van der Waals surface area contributed by atoms with Crippen LogP contribution in [0.25, 0.3) is 0 Å². The van der Waals surface area contributed by atoms with E-state index >= 15 is 0 Å². The lowest BCUT2D eigenvalue weighted by Crippen LogP contribution is -2.51. The second kappa shape index (κ2) is 8.93. The van der Waals surface area contributed by atoms with E-state index in [0.29, 0.717) is 25.8 Å². The SMILES string of the molecule is CCCCn1c(O)c(C(=N)N)c(=O)n(C2CCN(C(=O)OC(C)(C)C)[C@H](C)C2)c1=O. The summed E-state index contributed by atoms with van der Waals surface area (Å²) >= 11 is 0. The van der Waals surface area contributed by atoms with E-state index in [0.717, 1.165) is 15.6 Å². The number of rotatable bonds is 5. The van der Waals surface area contributed by atoms with Crippen molar-refractivity contribution in [2.45, 2.75) is 84.5 Å². The van der Waals surface area contributed by atoms with E-state index in [4.69, 9.17) is 15.9 Å². The molecule has 1 unspecified atom stereocenters. The van der Waals surface area contributed by atoms with Crippen molar-refractivity contribution in [2.75, 3.05) is 6.54 Å². The number of unbranched alkanes of at least 4 members (excludes halogenated alkanes) is 1. The number of nitrogen functional groups attached to an aromatic ring is 1. The smallest absolute Gasteiger partial charge is 0.410 e. The molecular weight excluding hydrogens is 390 g/mol. The van der Waals surface area contributed by atoms with Crippen LogP contribution in [-0.4, -0.2) is 49.3 Å². The maximum absolute atomic E-state index is 13.0. The molecule has 2 heterocycles. The van der Waals surface area contributed by atoms with E-state index in [1.165, 1.54) is 0 Å². The molecule has 168 valence electrons. The van der Waals surface area contributed by atoms with Gasteiger partial charge in [-0.3, -0.25) is 19.3 Å². The fourth-order valence-electron chi connectivity index (χ4n) is 3.71. The number of carbonyl (C=O) groups excluding carboxylic acids is 1. The van der Waals surface area contributed by atoms with Crippen LogP contribution in [0.15, 0.2) is 9.59 Å². The molecule has 1 aromatic heterocycles. The van der Waals surface area contributed by atoms with Gasteiger partial charge in [0.05, 0.1) is 0 Å². The van der Waals surface area contributed by atoms with Crippen LogP contribution in [-0.2, 0) is 11.3 Å². The Kier molecular flexibility index (Phi) is 6.99. The summed E-state index contributed by atoms with van der Waals surface area (Å²) < 4.78 is 7.62. The number of piperidine rings is 1. The Labute approximate surface area is 175 Å². The van der Waals surface area contributed by atoms with Gasteiger partial charge in [-0.2, -0.15) is 0 Å². The lowest BCUT2D eigenvalue weighted by molar-refractivity contribution is 0.00745. The van der Waals surface area contributed by atoms with Gasteiger partial charge in [-0.1, -0.05) is 13.3 Å². The highest BCUT2D eigenvalue weighted by Gasteiger charge is 2.35. The third-order valence-corrected chi connectivity index (χ3v) is 5.20. The zero-order chi connectivity index (χ0) is 22.8. The number of nitrogens with two attached hydrogens (primary N) is 1. The normalized spacial score (nSPS) is 19.6. The van der Waals surface area contributed by atoms with Crippen LogP contribution >= 0.6 is 0 Å². The van der Waals surface area contributed by atoms with Gasteiger partial charge in [0.2, 0.25) is 5.88 Å². The minimum atomic E-state index is -0.777. The summed E-state index contributed by atoms with van der Waals surface area (Å²) in [7, 11) is 0. The van der Waals surface area contributed by atoms with Crippen molar-refractivity contribution in [2.24, 2.45) is 5.73 Å². The van der Waals surface area contributed by atoms with E-state index in [9.17, 15) is 19.5 Å². The standard InChI is InChI=1S/C20H33N5O5/c1-6-7-9-24-16(26)14(15(21)22)17(27)25(18(24)28)13-8-10-23(12(2)11-13)19(29)30-20(3,4)5/h12-13,26H,6-11H2,1-5H3,(H3,21,22)/t12-,13?/m1/s1. The third-order valence-electron chi connectivity index (χ3n) is 5.20. The molecule has 1 fully saturated rings. The predicted molar refractivity (Wildman–Crippen MR) is 113 cm³/mol. The van der Waals surface area contributed by atoms with Crippen molar-refractivity contribution in [1.29, 1.82) is 5.41 Å². The van der Waals surface area contributed by atoms with Crippen LogP contribution in [0.5, 0.6) is 5.88 Å². The Morgan fingerprint density at radius 2 is 1.97 bits per heavy atom. The first-order chi connectivity index (χ1) is 13.9. The van der Waals surface area contributed by atoms with Gasteiger partial charge < -0.3 is 20.5 Å². The van der Waals surface area contributed by atoms with Crippen LogP contribution in [0.1, 0.15) is 71.9 Å². The van der Waals surface area contributed by atoms with Crippen molar-refractivity contribution in [3.63, 3.8) is 0 Å². The van der Waals surface area contributed by atoms with Gasteiger partial charge in [0.25, 0.3) is 5.56 Å². The number of hydrogen-bond acceptors (Lipinski definition) is 6. The molecule has 0 aromatic carbocycles. The summed E-state index contributed by atoms with van der Waals surface area (Å²) in [4.78, 5) is 40.0. The number of likely N-dealkylation sites (tertiary alicyclic amines) is 1. The van der Waals surface area contributed by atoms with Gasteiger partial charge in [0.1, 0.15) is 17.0 Å². The Morgan fingerprint density at radius 3 is 2.47 bits per heavy atom. The molecule has 1 saturated heterocycles. The average molecular weight is 424 g/mol. The fraction of sp³-hybridized carbons (Fsp3) is 0.700. The summed E-state index contributed by atoms with van der Waals surface area (Å²) in [5, 5.41) is 18.1. The zero-order valence-electron chi connectivity index (χ0n) is 18.4. The molecule has 0 saturated carbocycles. The Morgan fingerprint density at radius 1 is 1.33 bits per heavy atom. The number of nitrogens with one attached hydrogen (secondary N) is 1. The highest BCUT2D eigenvalue weighted by Crippen LogP contribution is 2.27. The molecule has 30 heavy (non-hydrogen) atoms. The molecule has 1 amide bonds. The molecule has 0 radical (unpaired) electrons. The van der Waals surface area contributed by atoms with Crippen LogP contribution < -0.4 is 17.0 Å². The molecule has 2 atom stereocenters. The largest absolute Gasteiger partial charge is 0.494 e. The summed E-state index contributed by atoms with van der Waals surface area (Å²) in [6.45, 7) is 9.69. The Hall–Kier alpha value is -2.78. The summed E-state index contributed by atoms with van der Waals surface area (Å²) in [5.41, 5.74) is 3.14. The lowest BCUT2D eigenvalue weighted by atomic mass is 9.98. The number of ether oxygens (including phenoxy) is 1. The van der Waals surface area contributed by atoms with E-state index < -0.39 is 40.7 Å². The van der Waals surface area contributed by atoms with Crippen LogP contribution in [0.4, 0.5) is 4.79 Å². The average Bonchev–Trinajstić information content (AvgIpc) is 2.59. The third kappa shape index (κ3) is 4.85. The second-order valence-corrected chi connectivity index (χ2v) is 8.78. The van der Waals surface area contributed by atoms with Crippen molar-refractivity contribution >= 4 is 11.9 Å². The molecule has 4 N–H and O–H groups in total. The Bertz CT molecular complexity index is 927. The molecule has 0 spiro atoms. The molecule has 1 aromatic rings. The van der Waals surface area contributed by atoms with Crippen LogP contribution in [0, 0.1) is 5.41 Å². The molecule has 2 rings (SSSR count). The number of carbonyl (C=O) groups is 1.